The van der Waals surface area contributed by atoms with E-state index in [-0.39, 0.29) is 11.1 Å². The van der Waals surface area contributed by atoms with E-state index >= 15 is 0 Å². The summed E-state index contributed by atoms with van der Waals surface area (Å²) in [7, 11) is 0. The summed E-state index contributed by atoms with van der Waals surface area (Å²) in [6.45, 7) is 12.4. The largest absolute Gasteiger partial charge is 0.492 e. The normalized spacial score (nSPS) is 12.8. The van der Waals surface area contributed by atoms with Gasteiger partial charge in [0, 0.05) is 12.2 Å². The predicted molar refractivity (Wildman–Crippen MR) is 103 cm³/mol. The van der Waals surface area contributed by atoms with Gasteiger partial charge in [-0.1, -0.05) is 38.1 Å². The van der Waals surface area contributed by atoms with E-state index in [9.17, 15) is 4.39 Å². The Morgan fingerprint density at radius 1 is 1.46 bits per heavy atom. The molecule has 24 heavy (non-hydrogen) atoms. The summed E-state index contributed by atoms with van der Waals surface area (Å²) in [6, 6.07) is 4.24. The average molecular weight is 355 g/mol. The van der Waals surface area contributed by atoms with Gasteiger partial charge >= 0.3 is 0 Å². The molecule has 0 spiro atoms. The minimum Gasteiger partial charge on any atom is -0.492 e. The first kappa shape index (κ1) is 22.2. The van der Waals surface area contributed by atoms with E-state index in [2.05, 4.69) is 11.9 Å². The number of rotatable bonds is 8. The molecule has 0 saturated heterocycles. The summed E-state index contributed by atoms with van der Waals surface area (Å²) < 4.78 is 18.7. The number of benzene rings is 1. The van der Waals surface area contributed by atoms with Gasteiger partial charge in [-0.3, -0.25) is 0 Å². The number of hydrogen-bond donors (Lipinski definition) is 2. The maximum atomic E-state index is 13.1. The van der Waals surface area contributed by atoms with Crippen molar-refractivity contribution >= 4 is 17.3 Å². The zero-order chi connectivity index (χ0) is 18.5. The van der Waals surface area contributed by atoms with E-state index in [0.29, 0.717) is 13.2 Å². The summed E-state index contributed by atoms with van der Waals surface area (Å²) in [5.74, 6) is 0.305. The molecule has 0 aliphatic carbocycles. The summed E-state index contributed by atoms with van der Waals surface area (Å²) in [5, 5.41) is 3.18. The number of halogens is 2. The molecule has 0 aromatic heterocycles. The van der Waals surface area contributed by atoms with Crippen molar-refractivity contribution in [3.05, 3.63) is 65.2 Å². The molecule has 0 bridgehead atoms. The van der Waals surface area contributed by atoms with Gasteiger partial charge in [0.05, 0.1) is 11.1 Å². The molecular weight excluding hydrogens is 327 g/mol. The lowest BCUT2D eigenvalue weighted by Gasteiger charge is -2.15. The van der Waals surface area contributed by atoms with Crippen LogP contribution in [0.25, 0.3) is 0 Å². The topological polar surface area (TPSA) is 47.3 Å². The zero-order valence-corrected chi connectivity index (χ0v) is 15.7. The fourth-order valence-corrected chi connectivity index (χ4v) is 1.79. The molecule has 3 N–H and O–H groups in total. The molecular formula is C19H28ClFN2O. The SMILES string of the molecule is C=C/C(C)=C\C(=C/C)OCC(N)CNc1ccc(F)c(Cl)c1.CC. The number of anilines is 1. The Balaban J connectivity index is 0.00000254. The highest BCUT2D eigenvalue weighted by Crippen LogP contribution is 2.19. The van der Waals surface area contributed by atoms with Crippen molar-refractivity contribution in [3.8, 4) is 0 Å². The Kier molecular flexibility index (Phi) is 11.7. The summed E-state index contributed by atoms with van der Waals surface area (Å²) in [4.78, 5) is 0. The van der Waals surface area contributed by atoms with E-state index in [1.54, 1.807) is 12.1 Å². The van der Waals surface area contributed by atoms with E-state index < -0.39 is 5.82 Å². The number of allylic oxidation sites excluding steroid dienone is 4. The van der Waals surface area contributed by atoms with Crippen LogP contribution in [0.1, 0.15) is 27.7 Å². The van der Waals surface area contributed by atoms with Gasteiger partial charge in [-0.05, 0) is 49.8 Å². The third-order valence-corrected chi connectivity index (χ3v) is 3.22. The van der Waals surface area contributed by atoms with Crippen LogP contribution in [-0.2, 0) is 4.74 Å². The van der Waals surface area contributed by atoms with Crippen molar-refractivity contribution in [1.29, 1.82) is 0 Å². The fraction of sp³-hybridized carbons (Fsp3) is 0.368. The van der Waals surface area contributed by atoms with Crippen molar-refractivity contribution in [2.24, 2.45) is 5.73 Å². The van der Waals surface area contributed by atoms with Crippen molar-refractivity contribution in [2.45, 2.75) is 33.7 Å². The Hall–Kier alpha value is -1.78. The van der Waals surface area contributed by atoms with Crippen molar-refractivity contribution in [2.75, 3.05) is 18.5 Å². The molecule has 0 radical (unpaired) electrons. The highest BCUT2D eigenvalue weighted by Gasteiger charge is 2.06. The van der Waals surface area contributed by atoms with Crippen LogP contribution in [0.4, 0.5) is 10.1 Å². The average Bonchev–Trinajstić information content (AvgIpc) is 2.60. The minimum atomic E-state index is -0.443. The van der Waals surface area contributed by atoms with Crippen LogP contribution < -0.4 is 11.1 Å². The number of nitrogens with one attached hydrogen (secondary N) is 1. The van der Waals surface area contributed by atoms with Crippen molar-refractivity contribution in [1.82, 2.24) is 0 Å². The van der Waals surface area contributed by atoms with E-state index in [0.717, 1.165) is 17.0 Å². The molecule has 134 valence electrons. The first-order valence-corrected chi connectivity index (χ1v) is 8.38. The lowest BCUT2D eigenvalue weighted by atomic mass is 10.2. The summed E-state index contributed by atoms with van der Waals surface area (Å²) in [5.41, 5.74) is 7.73. The van der Waals surface area contributed by atoms with Crippen LogP contribution in [0, 0.1) is 5.82 Å². The van der Waals surface area contributed by atoms with Gasteiger partial charge in [-0.25, -0.2) is 4.39 Å². The second-order valence-electron chi connectivity index (χ2n) is 4.86. The summed E-state index contributed by atoms with van der Waals surface area (Å²) >= 11 is 5.72. The van der Waals surface area contributed by atoms with Crippen LogP contribution in [0.5, 0.6) is 0 Å². The Morgan fingerprint density at radius 2 is 2.12 bits per heavy atom. The molecule has 0 heterocycles. The predicted octanol–water partition coefficient (Wildman–Crippen LogP) is 5.30. The van der Waals surface area contributed by atoms with Gasteiger partial charge in [-0.15, -0.1) is 0 Å². The zero-order valence-electron chi connectivity index (χ0n) is 14.9. The molecule has 3 nitrogen and oxygen atoms in total. The van der Waals surface area contributed by atoms with Crippen LogP contribution in [0.2, 0.25) is 5.02 Å². The molecule has 0 aliphatic rings. The van der Waals surface area contributed by atoms with Gasteiger partial charge in [-0.2, -0.15) is 0 Å². The lowest BCUT2D eigenvalue weighted by Crippen LogP contribution is -2.33. The monoisotopic (exact) mass is 354 g/mol. The van der Waals surface area contributed by atoms with E-state index in [4.69, 9.17) is 22.1 Å². The highest BCUT2D eigenvalue weighted by molar-refractivity contribution is 6.31. The highest BCUT2D eigenvalue weighted by atomic mass is 35.5. The van der Waals surface area contributed by atoms with Crippen LogP contribution in [0.15, 0.2) is 54.3 Å². The molecule has 1 aromatic carbocycles. The summed E-state index contributed by atoms with van der Waals surface area (Å²) in [6.07, 6.45) is 5.52. The maximum absolute atomic E-state index is 13.1. The third kappa shape index (κ3) is 8.75. The van der Waals surface area contributed by atoms with Gasteiger partial charge in [0.1, 0.15) is 18.2 Å². The molecule has 0 aliphatic heterocycles. The molecule has 0 saturated carbocycles. The number of nitrogens with two attached hydrogens (primary N) is 1. The molecule has 1 aromatic rings. The molecule has 1 unspecified atom stereocenters. The Labute approximate surface area is 150 Å². The van der Waals surface area contributed by atoms with Crippen LogP contribution in [-0.4, -0.2) is 19.2 Å². The fourth-order valence-electron chi connectivity index (χ4n) is 1.61. The second-order valence-corrected chi connectivity index (χ2v) is 5.27. The van der Waals surface area contributed by atoms with Gasteiger partial charge in [0.2, 0.25) is 0 Å². The molecule has 0 fully saturated rings. The molecule has 0 amide bonds. The lowest BCUT2D eigenvalue weighted by molar-refractivity contribution is 0.207. The van der Waals surface area contributed by atoms with Gasteiger partial charge in [0.15, 0.2) is 0 Å². The van der Waals surface area contributed by atoms with Crippen molar-refractivity contribution < 1.29 is 9.13 Å². The maximum Gasteiger partial charge on any atom is 0.141 e. The molecule has 1 rings (SSSR count). The first-order valence-electron chi connectivity index (χ1n) is 8.00. The van der Waals surface area contributed by atoms with Gasteiger partial charge in [0.25, 0.3) is 0 Å². The Bertz CT molecular complexity index is 570. The quantitative estimate of drug-likeness (QED) is 0.492. The van der Waals surface area contributed by atoms with Crippen molar-refractivity contribution in [3.63, 3.8) is 0 Å². The van der Waals surface area contributed by atoms with Crippen LogP contribution >= 0.6 is 11.6 Å². The van der Waals surface area contributed by atoms with E-state index in [1.165, 1.54) is 12.1 Å². The van der Waals surface area contributed by atoms with E-state index in [1.807, 2.05) is 39.8 Å². The smallest absolute Gasteiger partial charge is 0.141 e. The van der Waals surface area contributed by atoms with Gasteiger partial charge < -0.3 is 15.8 Å². The molecule has 5 heteroatoms. The minimum absolute atomic E-state index is 0.0797. The number of hydrogen-bond acceptors (Lipinski definition) is 3. The third-order valence-electron chi connectivity index (χ3n) is 2.93. The Morgan fingerprint density at radius 3 is 2.67 bits per heavy atom. The van der Waals surface area contributed by atoms with Crippen LogP contribution in [0.3, 0.4) is 0 Å². The second kappa shape index (κ2) is 12.6. The standard InChI is InChI=1S/C17H22ClFN2O.C2H6/c1-4-12(3)8-15(5-2)22-11-13(20)10-21-14-6-7-17(19)16(18)9-14;1-2/h4-9,13,21H,1,10-11,20H2,2-3H3;1-2H3/b12-8-,15-5+;. The first-order chi connectivity index (χ1) is 11.5. The molecule has 1 atom stereocenters. The number of ether oxygens (including phenoxy) is 1.